The van der Waals surface area contributed by atoms with Crippen molar-refractivity contribution in [3.8, 4) is 11.3 Å². The van der Waals surface area contributed by atoms with E-state index in [1.165, 1.54) is 0 Å². The Kier molecular flexibility index (Phi) is 5.11. The molecule has 3 aromatic rings. The summed E-state index contributed by atoms with van der Waals surface area (Å²) < 4.78 is 7.06. The summed E-state index contributed by atoms with van der Waals surface area (Å²) in [6, 6.07) is 6.57. The summed E-state index contributed by atoms with van der Waals surface area (Å²) in [5.74, 6) is 0.0746. The zero-order valence-electron chi connectivity index (χ0n) is 13.7. The molecule has 0 aliphatic heterocycles. The summed E-state index contributed by atoms with van der Waals surface area (Å²) in [5.41, 5.74) is 2.65. The Balaban J connectivity index is 1.71. The van der Waals surface area contributed by atoms with Gasteiger partial charge in [0.15, 0.2) is 11.5 Å². The Bertz CT molecular complexity index is 917. The van der Waals surface area contributed by atoms with Crippen LogP contribution in [0, 0.1) is 6.92 Å². The van der Waals surface area contributed by atoms with Gasteiger partial charge >= 0.3 is 0 Å². The van der Waals surface area contributed by atoms with Crippen molar-refractivity contribution in [1.82, 2.24) is 20.3 Å². The highest BCUT2D eigenvalue weighted by molar-refractivity contribution is 6.36. The molecule has 130 valence electrons. The van der Waals surface area contributed by atoms with Crippen molar-refractivity contribution < 1.29 is 9.32 Å². The van der Waals surface area contributed by atoms with E-state index in [-0.39, 0.29) is 11.6 Å². The number of rotatable bonds is 5. The van der Waals surface area contributed by atoms with Crippen molar-refractivity contribution in [3.05, 3.63) is 57.5 Å². The maximum atomic E-state index is 12.3. The third-order valence-electron chi connectivity index (χ3n) is 3.75. The lowest BCUT2D eigenvalue weighted by atomic mass is 10.1. The first kappa shape index (κ1) is 17.5. The predicted octanol–water partition coefficient (Wildman–Crippen LogP) is 4.10. The Hall–Kier alpha value is -2.31. The van der Waals surface area contributed by atoms with E-state index in [9.17, 15) is 4.79 Å². The summed E-state index contributed by atoms with van der Waals surface area (Å²) in [4.78, 5) is 12.3. The van der Waals surface area contributed by atoms with Gasteiger partial charge in [-0.05, 0) is 32.0 Å². The van der Waals surface area contributed by atoms with Crippen molar-refractivity contribution in [2.24, 2.45) is 0 Å². The molecule has 0 atom stereocenters. The van der Waals surface area contributed by atoms with E-state index < -0.39 is 0 Å². The van der Waals surface area contributed by atoms with Crippen LogP contribution in [0.5, 0.6) is 0 Å². The third-order valence-corrected chi connectivity index (χ3v) is 4.30. The minimum Gasteiger partial charge on any atom is -0.355 e. The van der Waals surface area contributed by atoms with Gasteiger partial charge in [0.2, 0.25) is 0 Å². The largest absolute Gasteiger partial charge is 0.355 e. The summed E-state index contributed by atoms with van der Waals surface area (Å²) >= 11 is 12.0. The summed E-state index contributed by atoms with van der Waals surface area (Å²) in [6.45, 7) is 5.07. The number of nitrogens with one attached hydrogen (secondary N) is 1. The molecule has 0 saturated heterocycles. The van der Waals surface area contributed by atoms with Crippen LogP contribution in [-0.4, -0.2) is 20.8 Å². The molecule has 0 fully saturated rings. The van der Waals surface area contributed by atoms with Gasteiger partial charge < -0.3 is 9.84 Å². The van der Waals surface area contributed by atoms with Crippen LogP contribution < -0.4 is 5.32 Å². The SMILES string of the molecule is CCn1cc(CNC(=O)c2cc(-c3ccc(Cl)cc3Cl)on2)c(C)n1. The monoisotopic (exact) mass is 378 g/mol. The predicted molar refractivity (Wildman–Crippen MR) is 95.8 cm³/mol. The van der Waals surface area contributed by atoms with E-state index in [0.717, 1.165) is 17.8 Å². The highest BCUT2D eigenvalue weighted by atomic mass is 35.5. The molecule has 1 N–H and O–H groups in total. The number of nitrogens with zero attached hydrogens (tertiary/aromatic N) is 3. The van der Waals surface area contributed by atoms with Crippen molar-refractivity contribution in [1.29, 1.82) is 0 Å². The Morgan fingerprint density at radius 3 is 2.80 bits per heavy atom. The maximum Gasteiger partial charge on any atom is 0.273 e. The fourth-order valence-corrected chi connectivity index (χ4v) is 2.86. The van der Waals surface area contributed by atoms with E-state index in [1.807, 2.05) is 24.7 Å². The number of halogens is 2. The molecular formula is C17H16Cl2N4O2. The fraction of sp³-hybridized carbons (Fsp3) is 0.235. The highest BCUT2D eigenvalue weighted by Crippen LogP contribution is 2.30. The lowest BCUT2D eigenvalue weighted by molar-refractivity contribution is 0.0942. The van der Waals surface area contributed by atoms with Crippen LogP contribution in [0.3, 0.4) is 0 Å². The summed E-state index contributed by atoms with van der Waals surface area (Å²) in [6.07, 6.45) is 1.91. The molecule has 0 bridgehead atoms. The minimum absolute atomic E-state index is 0.182. The smallest absolute Gasteiger partial charge is 0.273 e. The first-order valence-corrected chi connectivity index (χ1v) is 8.46. The molecule has 0 spiro atoms. The van der Waals surface area contributed by atoms with Crippen LogP contribution in [0.1, 0.15) is 28.7 Å². The molecule has 1 amide bonds. The molecule has 25 heavy (non-hydrogen) atoms. The van der Waals surface area contributed by atoms with Crippen molar-refractivity contribution in [3.63, 3.8) is 0 Å². The van der Waals surface area contributed by atoms with E-state index in [1.54, 1.807) is 24.3 Å². The number of aromatic nitrogens is 3. The van der Waals surface area contributed by atoms with Gasteiger partial charge in [-0.2, -0.15) is 5.10 Å². The van der Waals surface area contributed by atoms with Crippen LogP contribution in [0.2, 0.25) is 10.0 Å². The quantitative estimate of drug-likeness (QED) is 0.724. The zero-order valence-corrected chi connectivity index (χ0v) is 15.2. The lowest BCUT2D eigenvalue weighted by Crippen LogP contribution is -2.23. The Morgan fingerprint density at radius 2 is 2.12 bits per heavy atom. The number of amides is 1. The van der Waals surface area contributed by atoms with Crippen molar-refractivity contribution >= 4 is 29.1 Å². The lowest BCUT2D eigenvalue weighted by Gasteiger charge is -2.01. The zero-order chi connectivity index (χ0) is 18.0. The second kappa shape index (κ2) is 7.29. The number of aryl methyl sites for hydroxylation is 2. The molecule has 2 aromatic heterocycles. The normalized spacial score (nSPS) is 10.9. The van der Waals surface area contributed by atoms with Crippen LogP contribution in [0.4, 0.5) is 0 Å². The topological polar surface area (TPSA) is 73.0 Å². The molecule has 0 aliphatic carbocycles. The van der Waals surface area contributed by atoms with Gasteiger partial charge in [-0.3, -0.25) is 9.48 Å². The van der Waals surface area contributed by atoms with Gasteiger partial charge in [0.1, 0.15) is 0 Å². The Labute approximate surface area is 154 Å². The van der Waals surface area contributed by atoms with Gasteiger partial charge in [-0.1, -0.05) is 28.4 Å². The van der Waals surface area contributed by atoms with E-state index in [4.69, 9.17) is 27.7 Å². The summed E-state index contributed by atoms with van der Waals surface area (Å²) in [5, 5.41) is 11.9. The minimum atomic E-state index is -0.330. The molecule has 8 heteroatoms. The number of hydrogen-bond acceptors (Lipinski definition) is 4. The standard InChI is InChI=1S/C17H16Cl2N4O2/c1-3-23-9-11(10(2)21-23)8-20-17(24)15-7-16(25-22-15)13-5-4-12(18)6-14(13)19/h4-7,9H,3,8H2,1-2H3,(H,20,24). The van der Waals surface area contributed by atoms with Crippen LogP contribution in [0.25, 0.3) is 11.3 Å². The summed E-state index contributed by atoms with van der Waals surface area (Å²) in [7, 11) is 0. The molecule has 0 saturated carbocycles. The van der Waals surface area contributed by atoms with Crippen LogP contribution >= 0.6 is 23.2 Å². The average molecular weight is 379 g/mol. The number of hydrogen-bond donors (Lipinski definition) is 1. The first-order chi connectivity index (χ1) is 12.0. The van der Waals surface area contributed by atoms with Gasteiger partial charge in [0, 0.05) is 41.5 Å². The van der Waals surface area contributed by atoms with Crippen molar-refractivity contribution in [2.45, 2.75) is 26.9 Å². The molecule has 0 radical (unpaired) electrons. The van der Waals surface area contributed by atoms with Crippen LogP contribution in [0.15, 0.2) is 35.0 Å². The van der Waals surface area contributed by atoms with Crippen LogP contribution in [-0.2, 0) is 13.1 Å². The molecule has 2 heterocycles. The maximum absolute atomic E-state index is 12.3. The van der Waals surface area contributed by atoms with Gasteiger partial charge in [-0.15, -0.1) is 0 Å². The molecule has 3 rings (SSSR count). The number of benzene rings is 1. The van der Waals surface area contributed by atoms with E-state index in [2.05, 4.69) is 15.6 Å². The van der Waals surface area contributed by atoms with Gasteiger partial charge in [-0.25, -0.2) is 0 Å². The molecule has 0 aliphatic rings. The Morgan fingerprint density at radius 1 is 1.32 bits per heavy atom. The molecule has 0 unspecified atom stereocenters. The second-order valence-corrected chi connectivity index (χ2v) is 6.32. The fourth-order valence-electron chi connectivity index (χ4n) is 2.36. The van der Waals surface area contributed by atoms with Gasteiger partial charge in [0.25, 0.3) is 5.91 Å². The number of carbonyl (C=O) groups is 1. The molecule has 1 aromatic carbocycles. The molecular weight excluding hydrogens is 363 g/mol. The van der Waals surface area contributed by atoms with E-state index in [0.29, 0.717) is 27.9 Å². The highest BCUT2D eigenvalue weighted by Gasteiger charge is 2.16. The average Bonchev–Trinajstić information content (AvgIpc) is 3.19. The first-order valence-electron chi connectivity index (χ1n) is 7.71. The third kappa shape index (κ3) is 3.86. The van der Waals surface area contributed by atoms with Crippen molar-refractivity contribution in [2.75, 3.05) is 0 Å². The molecule has 6 nitrogen and oxygen atoms in total. The van der Waals surface area contributed by atoms with Gasteiger partial charge in [0.05, 0.1) is 10.7 Å². The number of carbonyl (C=O) groups excluding carboxylic acids is 1. The van der Waals surface area contributed by atoms with E-state index >= 15 is 0 Å². The second-order valence-electron chi connectivity index (χ2n) is 5.48.